The first-order chi connectivity index (χ1) is 10.8. The molecule has 0 spiro atoms. The van der Waals surface area contributed by atoms with Crippen LogP contribution in [0.5, 0.6) is 5.75 Å². The lowest BCUT2D eigenvalue weighted by Crippen LogP contribution is -2.12. The fourth-order valence-electron chi connectivity index (χ4n) is 1.54. The molecule has 0 saturated carbocycles. The molecule has 0 aliphatic carbocycles. The molecule has 0 atom stereocenters. The minimum atomic E-state index is -4.32. The predicted molar refractivity (Wildman–Crippen MR) is 83.0 cm³/mol. The highest BCUT2D eigenvalue weighted by Crippen LogP contribution is 2.22. The number of rotatable bonds is 10. The van der Waals surface area contributed by atoms with Gasteiger partial charge in [-0.1, -0.05) is 18.7 Å². The first kappa shape index (κ1) is 19.1. The van der Waals surface area contributed by atoms with Crippen molar-refractivity contribution in [3.8, 4) is 5.75 Å². The molecule has 8 heteroatoms. The Morgan fingerprint density at radius 3 is 2.52 bits per heavy atom. The van der Waals surface area contributed by atoms with E-state index in [0.29, 0.717) is 18.6 Å². The van der Waals surface area contributed by atoms with Crippen LogP contribution in [0.2, 0.25) is 0 Å². The fourth-order valence-corrected chi connectivity index (χ4v) is 2.18. The third kappa shape index (κ3) is 7.27. The third-order valence-electron chi connectivity index (χ3n) is 2.63. The van der Waals surface area contributed by atoms with Gasteiger partial charge in [0.05, 0.1) is 13.2 Å². The van der Waals surface area contributed by atoms with Crippen molar-refractivity contribution in [3.63, 3.8) is 0 Å². The Morgan fingerprint density at radius 1 is 1.17 bits per heavy atom. The number of benzene rings is 1. The quantitative estimate of drug-likeness (QED) is 0.299. The highest BCUT2D eigenvalue weighted by molar-refractivity contribution is 7.86. The Kier molecular flexibility index (Phi) is 7.73. The second-order valence-electron chi connectivity index (χ2n) is 4.65. The highest BCUT2D eigenvalue weighted by atomic mass is 32.2. The summed E-state index contributed by atoms with van der Waals surface area (Å²) in [6.07, 6.45) is 0.508. The van der Waals surface area contributed by atoms with Crippen molar-refractivity contribution < 1.29 is 32.0 Å². The van der Waals surface area contributed by atoms with E-state index in [1.807, 2.05) is 0 Å². The molecule has 0 aliphatic rings. The normalized spacial score (nSPS) is 11.0. The van der Waals surface area contributed by atoms with Gasteiger partial charge in [0.15, 0.2) is 0 Å². The van der Waals surface area contributed by atoms with Crippen molar-refractivity contribution in [1.82, 2.24) is 0 Å². The van der Waals surface area contributed by atoms with Crippen molar-refractivity contribution in [1.29, 1.82) is 0 Å². The molecule has 7 nitrogen and oxygen atoms in total. The van der Waals surface area contributed by atoms with Crippen molar-refractivity contribution >= 4 is 16.1 Å². The Labute approximate surface area is 135 Å². The molecular weight excluding hydrogens is 324 g/mol. The minimum absolute atomic E-state index is 0.0883. The maximum atomic E-state index is 11.2. The maximum Gasteiger partial charge on any atom is 0.333 e. The summed E-state index contributed by atoms with van der Waals surface area (Å²) in [6.45, 7) is 5.98. The molecule has 0 saturated heterocycles. The lowest BCUT2D eigenvalue weighted by atomic mass is 10.3. The SMILES string of the molecule is C=C(C)C(=O)OCCOCCCOc1ccccc1S(=O)(=O)O. The van der Waals surface area contributed by atoms with Crippen LogP contribution in [0.25, 0.3) is 0 Å². The average molecular weight is 344 g/mol. The number of hydrogen-bond acceptors (Lipinski definition) is 6. The van der Waals surface area contributed by atoms with Gasteiger partial charge in [-0.25, -0.2) is 4.79 Å². The zero-order chi connectivity index (χ0) is 17.3. The van der Waals surface area contributed by atoms with Crippen molar-refractivity contribution in [2.45, 2.75) is 18.2 Å². The molecule has 23 heavy (non-hydrogen) atoms. The van der Waals surface area contributed by atoms with Crippen LogP contribution in [0.3, 0.4) is 0 Å². The van der Waals surface area contributed by atoms with E-state index < -0.39 is 16.1 Å². The zero-order valence-electron chi connectivity index (χ0n) is 12.9. The average Bonchev–Trinajstić information content (AvgIpc) is 2.49. The summed E-state index contributed by atoms with van der Waals surface area (Å²) < 4.78 is 46.8. The van der Waals surface area contributed by atoms with Crippen molar-refractivity contribution in [3.05, 3.63) is 36.4 Å². The van der Waals surface area contributed by atoms with Gasteiger partial charge < -0.3 is 14.2 Å². The summed E-state index contributed by atoms with van der Waals surface area (Å²) in [5.41, 5.74) is 0.330. The van der Waals surface area contributed by atoms with Crippen LogP contribution in [0, 0.1) is 0 Å². The van der Waals surface area contributed by atoms with E-state index in [9.17, 15) is 13.2 Å². The van der Waals surface area contributed by atoms with Crippen molar-refractivity contribution in [2.24, 2.45) is 0 Å². The highest BCUT2D eigenvalue weighted by Gasteiger charge is 2.15. The molecule has 0 aromatic heterocycles. The summed E-state index contributed by atoms with van der Waals surface area (Å²) in [5.74, 6) is -0.371. The molecule has 0 heterocycles. The van der Waals surface area contributed by atoms with Crippen LogP contribution < -0.4 is 4.74 Å². The summed E-state index contributed by atoms with van der Waals surface area (Å²) in [5, 5.41) is 0. The second-order valence-corrected chi connectivity index (χ2v) is 6.04. The lowest BCUT2D eigenvalue weighted by Gasteiger charge is -2.10. The molecule has 128 valence electrons. The van der Waals surface area contributed by atoms with Crippen molar-refractivity contribution in [2.75, 3.05) is 26.4 Å². The molecule has 0 radical (unpaired) electrons. The van der Waals surface area contributed by atoms with Gasteiger partial charge in [0.25, 0.3) is 10.1 Å². The largest absolute Gasteiger partial charge is 0.492 e. The topological polar surface area (TPSA) is 99.1 Å². The number of para-hydroxylation sites is 1. The van der Waals surface area contributed by atoms with Crippen LogP contribution in [0.1, 0.15) is 13.3 Å². The minimum Gasteiger partial charge on any atom is -0.492 e. The number of carbonyl (C=O) groups is 1. The van der Waals surface area contributed by atoms with E-state index in [2.05, 4.69) is 6.58 Å². The molecule has 1 aromatic carbocycles. The Hall–Kier alpha value is -1.90. The number of hydrogen-bond donors (Lipinski definition) is 1. The summed E-state index contributed by atoms with van der Waals surface area (Å²) in [7, 11) is -4.32. The number of esters is 1. The molecular formula is C15H20O7S. The molecule has 0 aliphatic heterocycles. The van der Waals surface area contributed by atoms with Gasteiger partial charge in [0.1, 0.15) is 17.3 Å². The zero-order valence-corrected chi connectivity index (χ0v) is 13.7. The Balaban J connectivity index is 2.22. The molecule has 0 unspecified atom stereocenters. The maximum absolute atomic E-state index is 11.2. The van der Waals surface area contributed by atoms with Gasteiger partial charge in [0, 0.05) is 18.6 Å². The van der Waals surface area contributed by atoms with Crippen LogP contribution in [0.4, 0.5) is 0 Å². The van der Waals surface area contributed by atoms with Gasteiger partial charge in [-0.05, 0) is 19.1 Å². The van der Waals surface area contributed by atoms with Gasteiger partial charge >= 0.3 is 5.97 Å². The molecule has 0 fully saturated rings. The Bertz CT molecular complexity index is 637. The molecule has 1 rings (SSSR count). The van der Waals surface area contributed by atoms with E-state index in [1.54, 1.807) is 13.0 Å². The van der Waals surface area contributed by atoms with Crippen LogP contribution in [-0.4, -0.2) is 45.4 Å². The van der Waals surface area contributed by atoms with Crippen LogP contribution in [-0.2, 0) is 24.4 Å². The van der Waals surface area contributed by atoms with Crippen LogP contribution >= 0.6 is 0 Å². The Morgan fingerprint density at radius 2 is 1.87 bits per heavy atom. The van der Waals surface area contributed by atoms with E-state index in [-0.39, 0.29) is 30.5 Å². The standard InChI is InChI=1S/C15H20O7S/c1-12(2)15(16)22-11-10-20-8-5-9-21-13-6-3-4-7-14(13)23(17,18)19/h3-4,6-7H,1,5,8-11H2,2H3,(H,17,18,19). The molecule has 0 amide bonds. The van der Waals surface area contributed by atoms with E-state index in [1.165, 1.54) is 18.2 Å². The summed E-state index contributed by atoms with van der Waals surface area (Å²) in [6, 6.07) is 5.82. The van der Waals surface area contributed by atoms with Gasteiger partial charge in [-0.15, -0.1) is 0 Å². The first-order valence-corrected chi connectivity index (χ1v) is 8.36. The number of ether oxygens (including phenoxy) is 3. The molecule has 1 aromatic rings. The summed E-state index contributed by atoms with van der Waals surface area (Å²) >= 11 is 0. The van der Waals surface area contributed by atoms with E-state index in [4.69, 9.17) is 18.8 Å². The van der Waals surface area contributed by atoms with Gasteiger partial charge in [-0.2, -0.15) is 8.42 Å². The first-order valence-electron chi connectivity index (χ1n) is 6.92. The third-order valence-corrected chi connectivity index (χ3v) is 3.52. The molecule has 0 bridgehead atoms. The fraction of sp³-hybridized carbons (Fsp3) is 0.400. The summed E-state index contributed by atoms with van der Waals surface area (Å²) in [4.78, 5) is 10.8. The molecule has 1 N–H and O–H groups in total. The van der Waals surface area contributed by atoms with E-state index in [0.717, 1.165) is 0 Å². The lowest BCUT2D eigenvalue weighted by molar-refractivity contribution is -0.140. The smallest absolute Gasteiger partial charge is 0.333 e. The predicted octanol–water partition coefficient (Wildman–Crippen LogP) is 1.84. The number of carbonyl (C=O) groups excluding carboxylic acids is 1. The van der Waals surface area contributed by atoms with E-state index >= 15 is 0 Å². The monoisotopic (exact) mass is 344 g/mol. The van der Waals surface area contributed by atoms with Gasteiger partial charge in [-0.3, -0.25) is 4.55 Å². The van der Waals surface area contributed by atoms with Gasteiger partial charge in [0.2, 0.25) is 0 Å². The van der Waals surface area contributed by atoms with Crippen LogP contribution in [0.15, 0.2) is 41.3 Å². The second kappa shape index (κ2) is 9.29.